The Hall–Kier alpha value is -0.330. The Morgan fingerprint density at radius 3 is 2.70 bits per heavy atom. The summed E-state index contributed by atoms with van der Waals surface area (Å²) in [6.45, 7) is 1.60. The van der Waals surface area contributed by atoms with Gasteiger partial charge in [-0.15, -0.1) is 0 Å². The van der Waals surface area contributed by atoms with Gasteiger partial charge in [0.15, 0.2) is 0 Å². The number of hydrogen-bond donors (Lipinski definition) is 2. The lowest BCUT2D eigenvalue weighted by atomic mass is 9.90. The van der Waals surface area contributed by atoms with Crippen LogP contribution in [0.5, 0.6) is 0 Å². The lowest BCUT2D eigenvalue weighted by Gasteiger charge is -2.26. The quantitative estimate of drug-likeness (QED) is 0.890. The van der Waals surface area contributed by atoms with Crippen molar-refractivity contribution in [1.82, 2.24) is 10.0 Å². The second-order valence-electron chi connectivity index (χ2n) is 5.12. The van der Waals surface area contributed by atoms with Crippen molar-refractivity contribution >= 4 is 33.2 Å². The summed E-state index contributed by atoms with van der Waals surface area (Å²) >= 11 is 12.0. The van der Waals surface area contributed by atoms with Crippen LogP contribution < -0.4 is 10.0 Å². The number of halogens is 2. The maximum atomic E-state index is 11.5. The Bertz CT molecular complexity index is 578. The van der Waals surface area contributed by atoms with Gasteiger partial charge < -0.3 is 5.32 Å². The first-order valence-electron chi connectivity index (χ1n) is 6.50. The van der Waals surface area contributed by atoms with Crippen molar-refractivity contribution in [3.05, 3.63) is 33.8 Å². The topological polar surface area (TPSA) is 58.2 Å². The van der Waals surface area contributed by atoms with Crippen LogP contribution in [-0.4, -0.2) is 33.8 Å². The molecule has 2 N–H and O–H groups in total. The van der Waals surface area contributed by atoms with Gasteiger partial charge in [-0.05, 0) is 37.1 Å². The fourth-order valence-corrected chi connectivity index (χ4v) is 3.70. The van der Waals surface area contributed by atoms with Crippen molar-refractivity contribution in [1.29, 1.82) is 0 Å². The SMILES string of the molecule is CS(=O)(=O)N[C@@H]1CCCNC[C@H]1c1ccc(Cl)c(Cl)c1. The Morgan fingerprint density at radius 2 is 2.05 bits per heavy atom. The molecule has 0 aliphatic carbocycles. The van der Waals surface area contributed by atoms with Crippen molar-refractivity contribution in [3.63, 3.8) is 0 Å². The van der Waals surface area contributed by atoms with E-state index in [2.05, 4.69) is 10.0 Å². The van der Waals surface area contributed by atoms with Crippen LogP contribution in [0.4, 0.5) is 0 Å². The van der Waals surface area contributed by atoms with Crippen LogP contribution >= 0.6 is 23.2 Å². The summed E-state index contributed by atoms with van der Waals surface area (Å²) in [5, 5.41) is 4.33. The average molecular weight is 337 g/mol. The molecule has 1 saturated heterocycles. The molecule has 20 heavy (non-hydrogen) atoms. The highest BCUT2D eigenvalue weighted by molar-refractivity contribution is 7.88. The zero-order valence-corrected chi connectivity index (χ0v) is 13.5. The smallest absolute Gasteiger partial charge is 0.208 e. The number of benzene rings is 1. The molecule has 0 aromatic heterocycles. The Balaban J connectivity index is 2.29. The van der Waals surface area contributed by atoms with Crippen LogP contribution in [0.1, 0.15) is 24.3 Å². The fraction of sp³-hybridized carbons (Fsp3) is 0.538. The van der Waals surface area contributed by atoms with E-state index in [0.29, 0.717) is 16.6 Å². The van der Waals surface area contributed by atoms with E-state index >= 15 is 0 Å². The highest BCUT2D eigenvalue weighted by atomic mass is 35.5. The number of rotatable bonds is 3. The molecule has 0 bridgehead atoms. The maximum Gasteiger partial charge on any atom is 0.208 e. The summed E-state index contributed by atoms with van der Waals surface area (Å²) in [5.41, 5.74) is 0.995. The molecule has 1 heterocycles. The molecular weight excluding hydrogens is 319 g/mol. The van der Waals surface area contributed by atoms with Crippen LogP contribution in [0.2, 0.25) is 10.0 Å². The Morgan fingerprint density at radius 1 is 1.30 bits per heavy atom. The second-order valence-corrected chi connectivity index (χ2v) is 7.72. The maximum absolute atomic E-state index is 11.5. The molecule has 7 heteroatoms. The predicted octanol–water partition coefficient (Wildman–Crippen LogP) is 2.38. The van der Waals surface area contributed by atoms with Crippen LogP contribution in [-0.2, 0) is 10.0 Å². The minimum absolute atomic E-state index is 0.0435. The van der Waals surface area contributed by atoms with E-state index in [-0.39, 0.29) is 12.0 Å². The van der Waals surface area contributed by atoms with E-state index in [0.717, 1.165) is 24.9 Å². The van der Waals surface area contributed by atoms with Gasteiger partial charge in [-0.3, -0.25) is 0 Å². The highest BCUT2D eigenvalue weighted by Gasteiger charge is 2.27. The summed E-state index contributed by atoms with van der Waals surface area (Å²) in [4.78, 5) is 0. The molecule has 2 atom stereocenters. The molecule has 0 saturated carbocycles. The minimum atomic E-state index is -3.24. The summed E-state index contributed by atoms with van der Waals surface area (Å²) in [5.74, 6) is 0.0435. The van der Waals surface area contributed by atoms with E-state index in [1.54, 1.807) is 6.07 Å². The molecule has 1 aromatic rings. The predicted molar refractivity (Wildman–Crippen MR) is 83.1 cm³/mol. The van der Waals surface area contributed by atoms with Crippen molar-refractivity contribution in [2.45, 2.75) is 24.8 Å². The van der Waals surface area contributed by atoms with E-state index in [9.17, 15) is 8.42 Å². The molecule has 0 spiro atoms. The van der Waals surface area contributed by atoms with Crippen LogP contribution in [0.25, 0.3) is 0 Å². The fourth-order valence-electron chi connectivity index (χ4n) is 2.56. The molecule has 2 rings (SSSR count). The molecule has 4 nitrogen and oxygen atoms in total. The van der Waals surface area contributed by atoms with Crippen molar-refractivity contribution < 1.29 is 8.42 Å². The molecule has 1 aliphatic rings. The molecular formula is C13H18Cl2N2O2S. The van der Waals surface area contributed by atoms with Gasteiger partial charge in [0.05, 0.1) is 16.3 Å². The molecule has 112 valence electrons. The molecule has 1 aromatic carbocycles. The van der Waals surface area contributed by atoms with Crippen LogP contribution in [0, 0.1) is 0 Å². The minimum Gasteiger partial charge on any atom is -0.316 e. The zero-order valence-electron chi connectivity index (χ0n) is 11.2. The number of nitrogens with one attached hydrogen (secondary N) is 2. The normalized spacial score (nSPS) is 24.4. The Labute approximate surface area is 129 Å². The van der Waals surface area contributed by atoms with Crippen molar-refractivity contribution in [2.24, 2.45) is 0 Å². The largest absolute Gasteiger partial charge is 0.316 e. The third-order valence-corrected chi connectivity index (χ3v) is 4.93. The molecule has 0 unspecified atom stereocenters. The summed E-state index contributed by atoms with van der Waals surface area (Å²) < 4.78 is 25.8. The van der Waals surface area contributed by atoms with Gasteiger partial charge in [0.25, 0.3) is 0 Å². The number of hydrogen-bond acceptors (Lipinski definition) is 3. The van der Waals surface area contributed by atoms with Crippen molar-refractivity contribution in [3.8, 4) is 0 Å². The van der Waals surface area contributed by atoms with Gasteiger partial charge in [0, 0.05) is 18.5 Å². The van der Waals surface area contributed by atoms with Gasteiger partial charge in [-0.25, -0.2) is 13.1 Å². The monoisotopic (exact) mass is 336 g/mol. The van der Waals surface area contributed by atoms with Gasteiger partial charge in [-0.2, -0.15) is 0 Å². The van der Waals surface area contributed by atoms with E-state index < -0.39 is 10.0 Å². The second kappa shape index (κ2) is 6.62. The Kier molecular flexibility index (Phi) is 5.31. The molecule has 1 aliphatic heterocycles. The first kappa shape index (κ1) is 16.0. The summed E-state index contributed by atoms with van der Waals surface area (Å²) in [6, 6.07) is 5.35. The lowest BCUT2D eigenvalue weighted by Crippen LogP contribution is -2.40. The van der Waals surface area contributed by atoms with Gasteiger partial charge in [0.1, 0.15) is 0 Å². The standard InChI is InChI=1S/C13H18Cl2N2O2S/c1-20(18,19)17-13-3-2-6-16-8-10(13)9-4-5-11(14)12(15)7-9/h4-5,7,10,13,16-17H,2-3,6,8H2,1H3/t10-,13+/m0/s1. The average Bonchev–Trinajstić information content (AvgIpc) is 2.56. The molecule has 1 fully saturated rings. The summed E-state index contributed by atoms with van der Waals surface area (Å²) in [7, 11) is -3.24. The van der Waals surface area contributed by atoms with Crippen LogP contribution in [0.15, 0.2) is 18.2 Å². The van der Waals surface area contributed by atoms with Gasteiger partial charge in [-0.1, -0.05) is 29.3 Å². The third kappa shape index (κ3) is 4.33. The van der Waals surface area contributed by atoms with Crippen molar-refractivity contribution in [2.75, 3.05) is 19.3 Å². The highest BCUT2D eigenvalue weighted by Crippen LogP contribution is 2.30. The van der Waals surface area contributed by atoms with Gasteiger partial charge in [0.2, 0.25) is 10.0 Å². The lowest BCUT2D eigenvalue weighted by molar-refractivity contribution is 0.473. The molecule has 0 radical (unpaired) electrons. The van der Waals surface area contributed by atoms with E-state index in [1.165, 1.54) is 6.26 Å². The zero-order chi connectivity index (χ0) is 14.8. The van der Waals surface area contributed by atoms with E-state index in [4.69, 9.17) is 23.2 Å². The van der Waals surface area contributed by atoms with Crippen LogP contribution in [0.3, 0.4) is 0 Å². The van der Waals surface area contributed by atoms with E-state index in [1.807, 2.05) is 12.1 Å². The third-order valence-electron chi connectivity index (χ3n) is 3.46. The number of sulfonamides is 1. The summed E-state index contributed by atoms with van der Waals surface area (Å²) in [6.07, 6.45) is 2.92. The molecule has 0 amide bonds. The first-order chi connectivity index (χ1) is 9.37. The van der Waals surface area contributed by atoms with Gasteiger partial charge >= 0.3 is 0 Å². The first-order valence-corrected chi connectivity index (χ1v) is 9.14.